The number of nitrogen functional groups attached to an aromatic ring is 1. The van der Waals surface area contributed by atoms with Crippen molar-refractivity contribution in [2.24, 2.45) is 5.41 Å². The molecule has 2 aliphatic heterocycles. The van der Waals surface area contributed by atoms with Gasteiger partial charge in [0.25, 0.3) is 11.8 Å². The summed E-state index contributed by atoms with van der Waals surface area (Å²) in [5.41, 5.74) is 7.57. The van der Waals surface area contributed by atoms with E-state index in [0.29, 0.717) is 30.5 Å². The first-order valence-corrected chi connectivity index (χ1v) is 15.0. The molecule has 0 bridgehead atoms. The van der Waals surface area contributed by atoms with Gasteiger partial charge >= 0.3 is 0 Å². The number of rotatable bonds is 7. The summed E-state index contributed by atoms with van der Waals surface area (Å²) in [5, 5.41) is 11.6. The van der Waals surface area contributed by atoms with Crippen LogP contribution in [-0.4, -0.2) is 94.6 Å². The second-order valence-electron chi connectivity index (χ2n) is 11.9. The van der Waals surface area contributed by atoms with Crippen molar-refractivity contribution in [2.45, 2.75) is 59.0 Å². The molecule has 1 atom stereocenters. The zero-order chi connectivity index (χ0) is 30.4. The molecule has 1 aromatic carbocycles. The van der Waals surface area contributed by atoms with Gasteiger partial charge in [-0.2, -0.15) is 0 Å². The third-order valence-corrected chi connectivity index (χ3v) is 7.96. The molecule has 11 heteroatoms. The number of likely N-dealkylation sites (tertiary alicyclic amines) is 1. The topological polar surface area (TPSA) is 128 Å². The molecule has 10 nitrogen and oxygen atoms in total. The molecule has 2 aromatic rings. The Morgan fingerprint density at radius 1 is 1.12 bits per heavy atom. The highest BCUT2D eigenvalue weighted by atomic mass is 35.5. The van der Waals surface area contributed by atoms with Gasteiger partial charge in [-0.15, -0.1) is 0 Å². The molecule has 0 aliphatic carbocycles. The Hall–Kier alpha value is -3.39. The monoisotopic (exact) mass is 595 g/mol. The van der Waals surface area contributed by atoms with E-state index in [1.54, 1.807) is 0 Å². The van der Waals surface area contributed by atoms with Gasteiger partial charge in [-0.1, -0.05) is 30.4 Å². The van der Waals surface area contributed by atoms with Gasteiger partial charge in [-0.25, -0.2) is 9.97 Å². The standard InChI is InChI=1S/C31H42ClN7O3/c1-5-23-20-38(28-26(32)35-25(27(33)36-28)29(41)34-14-19-40)17-18-39(23)24-11-15-37(16-12-24)30(42)22-8-6-21(7-9-22)10-13-31(2,3)4/h6-9,23-24,40H,5,11-12,14-20H2,1-4H3,(H2,33,36)(H,34,41)/t23-/m0/s1. The first kappa shape index (κ1) is 31.5. The number of carbonyl (C=O) groups is 2. The third-order valence-electron chi connectivity index (χ3n) is 7.71. The predicted octanol–water partition coefficient (Wildman–Crippen LogP) is 3.04. The molecule has 0 saturated carbocycles. The smallest absolute Gasteiger partial charge is 0.273 e. The average molecular weight is 596 g/mol. The number of hydrogen-bond donors (Lipinski definition) is 3. The molecule has 2 fully saturated rings. The lowest BCUT2D eigenvalue weighted by atomic mass is 9.97. The van der Waals surface area contributed by atoms with Gasteiger partial charge in [0.15, 0.2) is 22.5 Å². The van der Waals surface area contributed by atoms with Crippen LogP contribution in [0.5, 0.6) is 0 Å². The lowest BCUT2D eigenvalue weighted by Crippen LogP contribution is -2.58. The molecule has 2 aliphatic rings. The van der Waals surface area contributed by atoms with Gasteiger partial charge in [-0.05, 0) is 64.3 Å². The SMILES string of the molecule is CC[C@H]1CN(c2nc(N)c(C(=O)NCCO)nc2Cl)CCN1C1CCN(C(=O)c2ccc(C#CC(C)(C)C)cc2)CC1. The first-order chi connectivity index (χ1) is 20.0. The second-order valence-corrected chi connectivity index (χ2v) is 12.3. The maximum absolute atomic E-state index is 13.2. The summed E-state index contributed by atoms with van der Waals surface area (Å²) < 4.78 is 0. The summed E-state index contributed by atoms with van der Waals surface area (Å²) in [5.74, 6) is 6.44. The number of benzene rings is 1. The van der Waals surface area contributed by atoms with Crippen molar-refractivity contribution in [3.05, 3.63) is 46.2 Å². The number of piperidine rings is 1. The van der Waals surface area contributed by atoms with E-state index in [-0.39, 0.29) is 47.2 Å². The van der Waals surface area contributed by atoms with Crippen molar-refractivity contribution in [2.75, 3.05) is 56.5 Å². The van der Waals surface area contributed by atoms with Crippen molar-refractivity contribution in [1.82, 2.24) is 25.1 Å². The van der Waals surface area contributed by atoms with E-state index in [2.05, 4.69) is 64.6 Å². The molecule has 2 saturated heterocycles. The Labute approximate surface area is 253 Å². The zero-order valence-electron chi connectivity index (χ0n) is 25.0. The van der Waals surface area contributed by atoms with E-state index < -0.39 is 5.91 Å². The number of hydrogen-bond acceptors (Lipinski definition) is 8. The fourth-order valence-corrected chi connectivity index (χ4v) is 5.73. The van der Waals surface area contributed by atoms with Crippen LogP contribution in [0.3, 0.4) is 0 Å². The van der Waals surface area contributed by atoms with Gasteiger partial charge in [0.2, 0.25) is 0 Å². The Morgan fingerprint density at radius 2 is 1.81 bits per heavy atom. The summed E-state index contributed by atoms with van der Waals surface area (Å²) in [7, 11) is 0. The molecule has 0 radical (unpaired) electrons. The fraction of sp³-hybridized carbons (Fsp3) is 0.548. The molecular weight excluding hydrogens is 554 g/mol. The molecule has 4 rings (SSSR count). The second kappa shape index (κ2) is 13.7. The molecule has 4 N–H and O–H groups in total. The molecule has 3 heterocycles. The number of halogens is 1. The maximum Gasteiger partial charge on any atom is 0.273 e. The Balaban J connectivity index is 1.34. The van der Waals surface area contributed by atoms with Crippen LogP contribution in [0.1, 0.15) is 73.4 Å². The van der Waals surface area contributed by atoms with Gasteiger partial charge in [0.1, 0.15) is 0 Å². The molecule has 1 aromatic heterocycles. The van der Waals surface area contributed by atoms with Crippen molar-refractivity contribution in [1.29, 1.82) is 0 Å². The van der Waals surface area contributed by atoms with Crippen LogP contribution in [0.2, 0.25) is 5.15 Å². The minimum atomic E-state index is -0.522. The van der Waals surface area contributed by atoms with Crippen LogP contribution in [-0.2, 0) is 0 Å². The van der Waals surface area contributed by atoms with Crippen LogP contribution in [0.4, 0.5) is 11.6 Å². The van der Waals surface area contributed by atoms with Gasteiger partial charge in [0.05, 0.1) is 6.61 Å². The van der Waals surface area contributed by atoms with Crippen molar-refractivity contribution < 1.29 is 14.7 Å². The van der Waals surface area contributed by atoms with Gasteiger partial charge < -0.3 is 26.0 Å². The highest BCUT2D eigenvalue weighted by Crippen LogP contribution is 2.30. The number of anilines is 2. The first-order valence-electron chi connectivity index (χ1n) is 14.7. The van der Waals surface area contributed by atoms with E-state index in [9.17, 15) is 9.59 Å². The summed E-state index contributed by atoms with van der Waals surface area (Å²) in [4.78, 5) is 40.7. The van der Waals surface area contributed by atoms with Crippen LogP contribution < -0.4 is 16.0 Å². The zero-order valence-corrected chi connectivity index (χ0v) is 25.7. The Morgan fingerprint density at radius 3 is 2.43 bits per heavy atom. The minimum absolute atomic E-state index is 0.00448. The largest absolute Gasteiger partial charge is 0.395 e. The average Bonchev–Trinajstić information content (AvgIpc) is 2.99. The quantitative estimate of drug-likeness (QED) is 0.417. The summed E-state index contributed by atoms with van der Waals surface area (Å²) in [6, 6.07) is 8.27. The van der Waals surface area contributed by atoms with E-state index in [0.717, 1.165) is 44.5 Å². The van der Waals surface area contributed by atoms with E-state index in [1.807, 2.05) is 29.2 Å². The predicted molar refractivity (Wildman–Crippen MR) is 166 cm³/mol. The van der Waals surface area contributed by atoms with E-state index in [1.165, 1.54) is 0 Å². The van der Waals surface area contributed by atoms with Gasteiger partial charge in [-0.3, -0.25) is 14.5 Å². The number of piperazine rings is 1. The van der Waals surface area contributed by atoms with Gasteiger partial charge in [0, 0.05) is 67.9 Å². The molecular formula is C31H42ClN7O3. The van der Waals surface area contributed by atoms with E-state index in [4.69, 9.17) is 22.4 Å². The Kier molecular flexibility index (Phi) is 10.3. The van der Waals surface area contributed by atoms with Crippen LogP contribution in [0.25, 0.3) is 0 Å². The Bertz CT molecular complexity index is 1330. The summed E-state index contributed by atoms with van der Waals surface area (Å²) >= 11 is 6.47. The fourth-order valence-electron chi connectivity index (χ4n) is 5.49. The van der Waals surface area contributed by atoms with E-state index >= 15 is 0 Å². The van der Waals surface area contributed by atoms with Crippen LogP contribution >= 0.6 is 11.6 Å². The number of aliphatic hydroxyl groups excluding tert-OH is 1. The number of nitrogens with two attached hydrogens (primary N) is 1. The highest BCUT2D eigenvalue weighted by molar-refractivity contribution is 6.32. The summed E-state index contributed by atoms with van der Waals surface area (Å²) in [6.45, 7) is 12.0. The number of carbonyl (C=O) groups excluding carboxylic acids is 2. The minimum Gasteiger partial charge on any atom is -0.395 e. The third kappa shape index (κ3) is 7.71. The molecule has 0 spiro atoms. The molecule has 226 valence electrons. The molecule has 2 amide bonds. The highest BCUT2D eigenvalue weighted by Gasteiger charge is 2.35. The van der Waals surface area contributed by atoms with Crippen LogP contribution in [0, 0.1) is 17.3 Å². The normalized spacial score (nSPS) is 18.4. The molecule has 0 unspecified atom stereocenters. The number of aromatic nitrogens is 2. The number of nitrogens with zero attached hydrogens (tertiary/aromatic N) is 5. The van der Waals surface area contributed by atoms with Crippen molar-refractivity contribution in [3.8, 4) is 11.8 Å². The van der Waals surface area contributed by atoms with Crippen molar-refractivity contribution >= 4 is 35.1 Å². The summed E-state index contributed by atoms with van der Waals surface area (Å²) in [6.07, 6.45) is 2.79. The molecule has 42 heavy (non-hydrogen) atoms. The number of nitrogens with one attached hydrogen (secondary N) is 1. The lowest BCUT2D eigenvalue weighted by molar-refractivity contribution is 0.0490. The van der Waals surface area contributed by atoms with Crippen molar-refractivity contribution in [3.63, 3.8) is 0 Å². The number of amides is 2. The van der Waals surface area contributed by atoms with Crippen LogP contribution in [0.15, 0.2) is 24.3 Å². The maximum atomic E-state index is 13.2. The number of aliphatic hydroxyl groups is 1. The lowest BCUT2D eigenvalue weighted by Gasteiger charge is -2.47.